The van der Waals surface area contributed by atoms with Crippen molar-refractivity contribution in [3.05, 3.63) is 71.8 Å². The van der Waals surface area contributed by atoms with Crippen LogP contribution in [0.25, 0.3) is 0 Å². The second kappa shape index (κ2) is 11.8. The van der Waals surface area contributed by atoms with Gasteiger partial charge in [-0.1, -0.05) is 144 Å². The number of hydrogen-bond acceptors (Lipinski definition) is 2. The normalized spacial score (nSPS) is 15.4. The Balaban J connectivity index is 2.83. The van der Waals surface area contributed by atoms with Crippen molar-refractivity contribution in [1.29, 1.82) is 0 Å². The molecule has 0 heterocycles. The molecule has 0 N–H and O–H groups in total. The van der Waals surface area contributed by atoms with Crippen molar-refractivity contribution in [1.82, 2.24) is 9.80 Å². The van der Waals surface area contributed by atoms with Crippen LogP contribution in [-0.2, 0) is 0 Å². The summed E-state index contributed by atoms with van der Waals surface area (Å²) in [6, 6.07) is 23.1. The fourth-order valence-electron chi connectivity index (χ4n) is 5.43. The number of benzene rings is 2. The highest BCUT2D eigenvalue weighted by Gasteiger charge is 2.39. The van der Waals surface area contributed by atoms with Crippen LogP contribution in [0.1, 0.15) is 106 Å². The summed E-state index contributed by atoms with van der Waals surface area (Å²) in [6.45, 7) is 32.7. The van der Waals surface area contributed by atoms with Gasteiger partial charge in [-0.2, -0.15) is 0 Å². The minimum atomic E-state index is 0.193. The van der Waals surface area contributed by atoms with Gasteiger partial charge >= 0.3 is 0 Å². The van der Waals surface area contributed by atoms with Gasteiger partial charge in [0.1, 0.15) is 0 Å². The average molecular weight is 493 g/mol. The highest BCUT2D eigenvalue weighted by Crippen LogP contribution is 2.43. The minimum absolute atomic E-state index is 0.193. The molecule has 2 atom stereocenters. The van der Waals surface area contributed by atoms with Gasteiger partial charge in [0.05, 0.1) is 12.1 Å². The summed E-state index contributed by atoms with van der Waals surface area (Å²) >= 11 is 0. The predicted octanol–water partition coefficient (Wildman–Crippen LogP) is 9.26. The third kappa shape index (κ3) is 10.8. The van der Waals surface area contributed by atoms with Crippen molar-refractivity contribution in [3.8, 4) is 0 Å². The third-order valence-electron chi connectivity index (χ3n) is 6.08. The molecule has 2 aromatic rings. The monoisotopic (exact) mass is 492 g/mol. The predicted molar refractivity (Wildman–Crippen MR) is 159 cm³/mol. The van der Waals surface area contributed by atoms with E-state index < -0.39 is 0 Å². The van der Waals surface area contributed by atoms with Crippen molar-refractivity contribution in [3.63, 3.8) is 0 Å². The van der Waals surface area contributed by atoms with E-state index in [-0.39, 0.29) is 33.7 Å². The fourth-order valence-corrected chi connectivity index (χ4v) is 5.43. The fraction of sp³-hybridized carbons (Fsp3) is 0.647. The lowest BCUT2D eigenvalue weighted by molar-refractivity contribution is 0.00657. The maximum absolute atomic E-state index is 2.80. The van der Waals surface area contributed by atoms with E-state index in [1.165, 1.54) is 11.1 Å². The van der Waals surface area contributed by atoms with Gasteiger partial charge in [-0.25, -0.2) is 0 Å². The Kier molecular flexibility index (Phi) is 10.0. The van der Waals surface area contributed by atoms with Crippen LogP contribution in [0.2, 0.25) is 0 Å². The molecule has 202 valence electrons. The Hall–Kier alpha value is -1.64. The largest absolute Gasteiger partial charge is 0.293 e. The molecule has 0 bridgehead atoms. The summed E-state index contributed by atoms with van der Waals surface area (Å²) in [5.41, 5.74) is 3.59. The first-order valence-corrected chi connectivity index (χ1v) is 13.9. The Labute approximate surface area is 224 Å². The van der Waals surface area contributed by atoms with Crippen molar-refractivity contribution in [2.24, 2.45) is 21.7 Å². The van der Waals surface area contributed by atoms with Gasteiger partial charge in [0.2, 0.25) is 0 Å². The molecule has 0 aliphatic heterocycles. The third-order valence-corrected chi connectivity index (χ3v) is 6.08. The molecule has 0 unspecified atom stereocenters. The molecule has 0 saturated heterocycles. The lowest BCUT2D eigenvalue weighted by atomic mass is 9.83. The summed E-state index contributed by atoms with van der Waals surface area (Å²) in [4.78, 5) is 5.59. The van der Waals surface area contributed by atoms with Crippen molar-refractivity contribution in [2.45, 2.75) is 95.2 Å². The highest BCUT2D eigenvalue weighted by molar-refractivity contribution is 5.28. The molecule has 0 aliphatic carbocycles. The van der Waals surface area contributed by atoms with Gasteiger partial charge < -0.3 is 0 Å². The van der Waals surface area contributed by atoms with Gasteiger partial charge in [-0.15, -0.1) is 0 Å². The van der Waals surface area contributed by atoms with Gasteiger partial charge in [-0.05, 0) is 32.8 Å². The van der Waals surface area contributed by atoms with Crippen LogP contribution < -0.4 is 0 Å². The molecule has 0 spiro atoms. The number of nitrogens with zero attached hydrogens (tertiary/aromatic N) is 2. The quantitative estimate of drug-likeness (QED) is 0.344. The van der Waals surface area contributed by atoms with Crippen LogP contribution in [0.3, 0.4) is 0 Å². The van der Waals surface area contributed by atoms with Gasteiger partial charge in [0, 0.05) is 26.2 Å². The van der Waals surface area contributed by atoms with E-state index in [9.17, 15) is 0 Å². The molecule has 0 fully saturated rings. The summed E-state index contributed by atoms with van der Waals surface area (Å²) in [5, 5.41) is 0. The molecular formula is C34H56N2. The Morgan fingerprint density at radius 3 is 0.833 bits per heavy atom. The molecule has 0 saturated carbocycles. The molecule has 2 nitrogen and oxygen atoms in total. The van der Waals surface area contributed by atoms with Crippen molar-refractivity contribution in [2.75, 3.05) is 26.2 Å². The zero-order valence-electron chi connectivity index (χ0n) is 25.7. The average Bonchev–Trinajstić information content (AvgIpc) is 2.68. The van der Waals surface area contributed by atoms with Gasteiger partial charge in [-0.3, -0.25) is 9.80 Å². The van der Waals surface area contributed by atoms with Crippen LogP contribution in [0.5, 0.6) is 0 Å². The summed E-state index contributed by atoms with van der Waals surface area (Å²) < 4.78 is 0. The van der Waals surface area contributed by atoms with Crippen LogP contribution in [0.15, 0.2) is 60.7 Å². The maximum atomic E-state index is 2.80. The maximum Gasteiger partial charge on any atom is 0.0545 e. The zero-order valence-corrected chi connectivity index (χ0v) is 25.7. The van der Waals surface area contributed by atoms with Crippen LogP contribution in [0, 0.1) is 21.7 Å². The molecule has 36 heavy (non-hydrogen) atoms. The second-order valence-electron chi connectivity index (χ2n) is 15.8. The molecule has 0 aromatic heterocycles. The molecule has 0 amide bonds. The number of rotatable bonds is 9. The van der Waals surface area contributed by atoms with Crippen LogP contribution in [-0.4, -0.2) is 36.0 Å². The molecule has 2 rings (SSSR count). The van der Waals surface area contributed by atoms with E-state index in [2.05, 4.69) is 154 Å². The first-order chi connectivity index (χ1) is 16.3. The van der Waals surface area contributed by atoms with Crippen molar-refractivity contribution < 1.29 is 0 Å². The zero-order chi connectivity index (χ0) is 27.4. The van der Waals surface area contributed by atoms with Gasteiger partial charge in [0.25, 0.3) is 0 Å². The number of hydrogen-bond donors (Lipinski definition) is 0. The SMILES string of the molecule is CC(C)(C)CN(CC(C)(C)C)[C@H](c1ccccc1)[C@@H](c1ccccc1)N(CC(C)(C)C)CC(C)(C)C. The first-order valence-electron chi connectivity index (χ1n) is 13.9. The lowest BCUT2D eigenvalue weighted by Gasteiger charge is -2.49. The van der Waals surface area contributed by atoms with Gasteiger partial charge in [0.15, 0.2) is 0 Å². The minimum Gasteiger partial charge on any atom is -0.293 e. The molecule has 0 radical (unpaired) electrons. The van der Waals surface area contributed by atoms with Crippen LogP contribution >= 0.6 is 0 Å². The van der Waals surface area contributed by atoms with E-state index in [0.29, 0.717) is 0 Å². The lowest BCUT2D eigenvalue weighted by Crippen LogP contribution is -2.49. The molecular weight excluding hydrogens is 436 g/mol. The second-order valence-corrected chi connectivity index (χ2v) is 15.8. The topological polar surface area (TPSA) is 6.48 Å². The highest BCUT2D eigenvalue weighted by atomic mass is 15.3. The standard InChI is InChI=1S/C34H56N2/c1-31(2,3)23-35(24-32(4,5)6)29(27-19-15-13-16-20-27)30(28-21-17-14-18-22-28)36(25-33(7,8)9)26-34(10,11)12/h13-22,29-30H,23-26H2,1-12H3/t29-,30-/m1/s1. The van der Waals surface area contributed by atoms with E-state index in [1.807, 2.05) is 0 Å². The first kappa shape index (κ1) is 30.6. The molecule has 2 heteroatoms. The smallest absolute Gasteiger partial charge is 0.0545 e. The van der Waals surface area contributed by atoms with E-state index >= 15 is 0 Å². The molecule has 2 aromatic carbocycles. The summed E-state index contributed by atoms with van der Waals surface area (Å²) in [7, 11) is 0. The van der Waals surface area contributed by atoms with E-state index in [4.69, 9.17) is 0 Å². The van der Waals surface area contributed by atoms with Crippen molar-refractivity contribution >= 4 is 0 Å². The van der Waals surface area contributed by atoms with E-state index in [0.717, 1.165) is 26.2 Å². The molecule has 0 aliphatic rings. The van der Waals surface area contributed by atoms with E-state index in [1.54, 1.807) is 0 Å². The Morgan fingerprint density at radius 2 is 0.639 bits per heavy atom. The Bertz CT molecular complexity index is 779. The summed E-state index contributed by atoms with van der Waals surface area (Å²) in [6.07, 6.45) is 0. The Morgan fingerprint density at radius 1 is 0.417 bits per heavy atom. The summed E-state index contributed by atoms with van der Waals surface area (Å²) in [5.74, 6) is 0. The van der Waals surface area contributed by atoms with Crippen LogP contribution in [0.4, 0.5) is 0 Å².